The summed E-state index contributed by atoms with van der Waals surface area (Å²) in [6.07, 6.45) is 0. The van der Waals surface area contributed by atoms with Gasteiger partial charge in [0.25, 0.3) is 5.69 Å². The van der Waals surface area contributed by atoms with E-state index in [2.05, 4.69) is 17.4 Å². The summed E-state index contributed by atoms with van der Waals surface area (Å²) < 4.78 is 0. The van der Waals surface area contributed by atoms with Crippen molar-refractivity contribution in [3.05, 3.63) is 63.7 Å². The second-order valence-corrected chi connectivity index (χ2v) is 4.22. The number of hydrogen-bond donors (Lipinski definition) is 1. The van der Waals surface area contributed by atoms with Crippen molar-refractivity contribution in [2.45, 2.75) is 13.8 Å². The molecule has 18 heavy (non-hydrogen) atoms. The maximum atomic E-state index is 10.5. The highest BCUT2D eigenvalue weighted by atomic mass is 16.6. The van der Waals surface area contributed by atoms with Crippen molar-refractivity contribution in [1.29, 1.82) is 0 Å². The molecule has 91 valence electrons. The monoisotopic (exact) mass is 241 g/mol. The fraction of sp³-hybridized carbons (Fsp3) is 0.143. The third-order valence-electron chi connectivity index (χ3n) is 2.50. The lowest BCUT2D eigenvalue weighted by atomic mass is 10.1. The summed E-state index contributed by atoms with van der Waals surface area (Å²) in [5.41, 5.74) is 4.06. The van der Waals surface area contributed by atoms with E-state index in [1.165, 1.54) is 17.2 Å². The number of non-ortho nitro benzene ring substituents is 1. The van der Waals surface area contributed by atoms with Crippen LogP contribution >= 0.6 is 0 Å². The van der Waals surface area contributed by atoms with Gasteiger partial charge in [-0.2, -0.15) is 0 Å². The molecular weight excluding hydrogens is 228 g/mol. The molecule has 0 spiro atoms. The second kappa shape index (κ2) is 4.87. The van der Waals surface area contributed by atoms with E-state index in [9.17, 15) is 10.1 Å². The van der Waals surface area contributed by atoms with Crippen LogP contribution in [0.5, 0.6) is 0 Å². The Labute approximate surface area is 105 Å². The number of nitro groups is 1. The van der Waals surface area contributed by atoms with Gasteiger partial charge in [-0.1, -0.05) is 6.07 Å². The fourth-order valence-corrected chi connectivity index (χ4v) is 1.82. The molecule has 0 aliphatic heterocycles. The Morgan fingerprint density at radius 2 is 1.78 bits per heavy atom. The standard InChI is InChI=1S/C14H13N2O2/c1-10-7-11(2)9-13(8-10)15-12-3-5-14(6-4-12)16(17)18/h3-5,7-9,15H,1-2H3. The van der Waals surface area contributed by atoms with Crippen LogP contribution in [-0.2, 0) is 0 Å². The third-order valence-corrected chi connectivity index (χ3v) is 2.50. The molecule has 0 aromatic heterocycles. The van der Waals surface area contributed by atoms with Crippen molar-refractivity contribution in [2.75, 3.05) is 5.32 Å². The molecule has 2 rings (SSSR count). The fourth-order valence-electron chi connectivity index (χ4n) is 1.82. The Morgan fingerprint density at radius 1 is 1.11 bits per heavy atom. The minimum Gasteiger partial charge on any atom is -0.355 e. The van der Waals surface area contributed by atoms with Crippen molar-refractivity contribution in [1.82, 2.24) is 0 Å². The van der Waals surface area contributed by atoms with Gasteiger partial charge in [-0.05, 0) is 49.2 Å². The van der Waals surface area contributed by atoms with E-state index in [1.54, 1.807) is 12.1 Å². The zero-order chi connectivity index (χ0) is 13.1. The van der Waals surface area contributed by atoms with Gasteiger partial charge in [0.15, 0.2) is 0 Å². The molecule has 0 aliphatic carbocycles. The lowest BCUT2D eigenvalue weighted by Crippen LogP contribution is -1.93. The molecular formula is C14H13N2O2. The molecule has 2 aromatic rings. The highest BCUT2D eigenvalue weighted by molar-refractivity contribution is 5.62. The van der Waals surface area contributed by atoms with Crippen LogP contribution in [0.25, 0.3) is 0 Å². The van der Waals surface area contributed by atoms with Gasteiger partial charge in [0, 0.05) is 17.4 Å². The van der Waals surface area contributed by atoms with Crippen molar-refractivity contribution in [3.63, 3.8) is 0 Å². The largest absolute Gasteiger partial charge is 0.355 e. The third kappa shape index (κ3) is 2.85. The van der Waals surface area contributed by atoms with Crippen molar-refractivity contribution in [2.24, 2.45) is 0 Å². The summed E-state index contributed by atoms with van der Waals surface area (Å²) in [6.45, 7) is 4.06. The number of nitrogens with one attached hydrogen (secondary N) is 1. The van der Waals surface area contributed by atoms with Gasteiger partial charge in [-0.3, -0.25) is 10.1 Å². The molecule has 0 unspecified atom stereocenters. The second-order valence-electron chi connectivity index (χ2n) is 4.22. The van der Waals surface area contributed by atoms with Gasteiger partial charge in [-0.25, -0.2) is 0 Å². The van der Waals surface area contributed by atoms with Crippen LogP contribution in [0.4, 0.5) is 17.1 Å². The van der Waals surface area contributed by atoms with Gasteiger partial charge < -0.3 is 5.32 Å². The first-order valence-corrected chi connectivity index (χ1v) is 5.56. The molecule has 0 bridgehead atoms. The Balaban J connectivity index is 2.20. The number of aryl methyl sites for hydroxylation is 2. The van der Waals surface area contributed by atoms with E-state index in [0.29, 0.717) is 0 Å². The van der Waals surface area contributed by atoms with Gasteiger partial charge >= 0.3 is 0 Å². The predicted octanol–water partition coefficient (Wildman–Crippen LogP) is 3.76. The molecule has 4 heteroatoms. The number of nitrogens with zero attached hydrogens (tertiary/aromatic N) is 1. The zero-order valence-corrected chi connectivity index (χ0v) is 10.2. The van der Waals surface area contributed by atoms with Crippen LogP contribution in [0, 0.1) is 30.0 Å². The van der Waals surface area contributed by atoms with Gasteiger partial charge in [0.1, 0.15) is 0 Å². The van der Waals surface area contributed by atoms with Gasteiger partial charge in [0.2, 0.25) is 0 Å². The molecule has 4 nitrogen and oxygen atoms in total. The number of anilines is 2. The van der Waals surface area contributed by atoms with Crippen LogP contribution in [0.1, 0.15) is 11.1 Å². The van der Waals surface area contributed by atoms with Crippen LogP contribution in [0.15, 0.2) is 36.4 Å². The summed E-state index contributed by atoms with van der Waals surface area (Å²) in [5, 5.41) is 13.7. The summed E-state index contributed by atoms with van der Waals surface area (Å²) >= 11 is 0. The maximum absolute atomic E-state index is 10.5. The first-order chi connectivity index (χ1) is 8.54. The molecule has 2 aromatic carbocycles. The van der Waals surface area contributed by atoms with Crippen molar-refractivity contribution >= 4 is 17.1 Å². The van der Waals surface area contributed by atoms with Crippen molar-refractivity contribution < 1.29 is 4.92 Å². The van der Waals surface area contributed by atoms with E-state index in [0.717, 1.165) is 11.4 Å². The van der Waals surface area contributed by atoms with Crippen LogP contribution in [0.3, 0.4) is 0 Å². The average molecular weight is 241 g/mol. The average Bonchev–Trinajstić information content (AvgIpc) is 2.28. The Hall–Kier alpha value is -2.36. The molecule has 0 saturated heterocycles. The van der Waals surface area contributed by atoms with Gasteiger partial charge in [0.05, 0.1) is 11.0 Å². The number of benzene rings is 2. The Kier molecular flexibility index (Phi) is 3.28. The normalized spacial score (nSPS) is 10.1. The topological polar surface area (TPSA) is 55.2 Å². The predicted molar refractivity (Wildman–Crippen MR) is 71.1 cm³/mol. The Morgan fingerprint density at radius 3 is 2.28 bits per heavy atom. The number of rotatable bonds is 3. The Bertz CT molecular complexity index is 557. The van der Waals surface area contributed by atoms with Crippen LogP contribution in [-0.4, -0.2) is 4.92 Å². The first-order valence-electron chi connectivity index (χ1n) is 5.56. The summed E-state index contributed by atoms with van der Waals surface area (Å²) in [5.74, 6) is 0. The highest BCUT2D eigenvalue weighted by Gasteiger charge is 2.04. The molecule has 1 radical (unpaired) electrons. The van der Waals surface area contributed by atoms with E-state index in [4.69, 9.17) is 0 Å². The van der Waals surface area contributed by atoms with E-state index >= 15 is 0 Å². The summed E-state index contributed by atoms with van der Waals surface area (Å²) in [7, 11) is 0. The quantitative estimate of drug-likeness (QED) is 0.657. The minimum atomic E-state index is -0.458. The summed E-state index contributed by atoms with van der Waals surface area (Å²) in [4.78, 5) is 10.1. The maximum Gasteiger partial charge on any atom is 0.277 e. The summed E-state index contributed by atoms with van der Waals surface area (Å²) in [6, 6.07) is 13.4. The van der Waals surface area contributed by atoms with Crippen LogP contribution < -0.4 is 5.32 Å². The lowest BCUT2D eigenvalue weighted by molar-refractivity contribution is -0.385. The molecule has 0 fully saturated rings. The van der Waals surface area contributed by atoms with Crippen molar-refractivity contribution in [3.8, 4) is 0 Å². The molecule has 0 aliphatic rings. The molecule has 0 amide bonds. The van der Waals surface area contributed by atoms with Gasteiger partial charge in [-0.15, -0.1) is 0 Å². The zero-order valence-electron chi connectivity index (χ0n) is 10.2. The minimum absolute atomic E-state index is 0.0269. The van der Waals surface area contributed by atoms with E-state index in [-0.39, 0.29) is 5.69 Å². The molecule has 0 saturated carbocycles. The van der Waals surface area contributed by atoms with E-state index < -0.39 is 4.92 Å². The first kappa shape index (κ1) is 12.1. The molecule has 0 heterocycles. The highest BCUT2D eigenvalue weighted by Crippen LogP contribution is 2.21. The SMILES string of the molecule is Cc1cc(C)cc(Nc2c[c]c([N+](=O)[O-])cc2)c1. The van der Waals surface area contributed by atoms with Crippen LogP contribution in [0.2, 0.25) is 0 Å². The van der Waals surface area contributed by atoms with E-state index in [1.807, 2.05) is 26.0 Å². The smallest absolute Gasteiger partial charge is 0.277 e. The number of hydrogen-bond acceptors (Lipinski definition) is 3. The molecule has 0 atom stereocenters. The number of nitro benzene ring substituents is 1. The molecule has 1 N–H and O–H groups in total. The lowest BCUT2D eigenvalue weighted by Gasteiger charge is -2.08.